The van der Waals surface area contributed by atoms with Gasteiger partial charge in [-0.15, -0.1) is 11.3 Å². The third-order valence-corrected chi connectivity index (χ3v) is 5.46. The first-order chi connectivity index (χ1) is 11.7. The van der Waals surface area contributed by atoms with Crippen LogP contribution in [0.25, 0.3) is 0 Å². The zero-order valence-corrected chi connectivity index (χ0v) is 16.3. The van der Waals surface area contributed by atoms with Gasteiger partial charge in [0.1, 0.15) is 0 Å². The van der Waals surface area contributed by atoms with Crippen molar-refractivity contribution >= 4 is 29.1 Å². The van der Waals surface area contributed by atoms with Crippen molar-refractivity contribution < 1.29 is 0 Å². The molecule has 4 nitrogen and oxygen atoms in total. The van der Waals surface area contributed by atoms with Gasteiger partial charge in [0, 0.05) is 49.1 Å². The summed E-state index contributed by atoms with van der Waals surface area (Å²) >= 11 is 3.69. The summed E-state index contributed by atoms with van der Waals surface area (Å²) in [5, 5.41) is 7.87. The Morgan fingerprint density at radius 1 is 1.17 bits per heavy atom. The number of hydrogen-bond acceptors (Lipinski definition) is 4. The van der Waals surface area contributed by atoms with E-state index < -0.39 is 0 Å². The minimum absolute atomic E-state index is 0.850. The van der Waals surface area contributed by atoms with Gasteiger partial charge in [0.2, 0.25) is 0 Å². The molecule has 6 heteroatoms. The van der Waals surface area contributed by atoms with Gasteiger partial charge in [-0.2, -0.15) is 11.8 Å². The summed E-state index contributed by atoms with van der Waals surface area (Å²) in [7, 11) is 1.81. The molecule has 2 aromatic rings. The fourth-order valence-corrected chi connectivity index (χ4v) is 3.75. The summed E-state index contributed by atoms with van der Waals surface area (Å²) in [6.45, 7) is 5.97. The fraction of sp³-hybridized carbons (Fsp3) is 0.444. The number of thiazole rings is 1. The molecule has 0 bridgehead atoms. The number of guanidine groups is 1. The second-order valence-electron chi connectivity index (χ2n) is 5.58. The minimum atomic E-state index is 0.850. The Kier molecular flexibility index (Phi) is 8.12. The number of nitrogens with zero attached hydrogens (tertiary/aromatic N) is 2. The smallest absolute Gasteiger partial charge is 0.191 e. The molecule has 1 aromatic carbocycles. The molecular formula is C18H26N4S2. The van der Waals surface area contributed by atoms with E-state index in [9.17, 15) is 0 Å². The van der Waals surface area contributed by atoms with E-state index in [0.29, 0.717) is 0 Å². The van der Waals surface area contributed by atoms with Crippen molar-refractivity contribution in [3.63, 3.8) is 0 Å². The summed E-state index contributed by atoms with van der Waals surface area (Å²) in [5.74, 6) is 2.97. The van der Waals surface area contributed by atoms with Crippen molar-refractivity contribution in [3.05, 3.63) is 51.5 Å². The summed E-state index contributed by atoms with van der Waals surface area (Å²) in [6.07, 6.45) is 2.86. The average molecular weight is 363 g/mol. The van der Waals surface area contributed by atoms with Crippen LogP contribution in [0.1, 0.15) is 21.0 Å². The van der Waals surface area contributed by atoms with Crippen molar-refractivity contribution in [1.82, 2.24) is 15.6 Å². The molecule has 0 aliphatic rings. The number of benzene rings is 1. The van der Waals surface area contributed by atoms with Gasteiger partial charge in [-0.25, -0.2) is 4.98 Å². The molecule has 2 rings (SSSR count). The molecule has 24 heavy (non-hydrogen) atoms. The van der Waals surface area contributed by atoms with Crippen molar-refractivity contribution in [2.75, 3.05) is 25.9 Å². The molecule has 130 valence electrons. The first-order valence-electron chi connectivity index (χ1n) is 8.16. The molecule has 0 atom stereocenters. The summed E-state index contributed by atoms with van der Waals surface area (Å²) in [6, 6.07) is 8.75. The first-order valence-corrected chi connectivity index (χ1v) is 10.1. The second-order valence-corrected chi connectivity index (χ2v) is 8.00. The Balaban J connectivity index is 1.57. The third kappa shape index (κ3) is 6.93. The number of aromatic nitrogens is 1. The molecule has 0 fully saturated rings. The van der Waals surface area contributed by atoms with E-state index in [0.717, 1.165) is 37.0 Å². The van der Waals surface area contributed by atoms with Gasteiger partial charge in [0.05, 0.1) is 5.01 Å². The summed E-state index contributed by atoms with van der Waals surface area (Å²) in [5.41, 5.74) is 2.69. The average Bonchev–Trinajstić information content (AvgIpc) is 3.00. The topological polar surface area (TPSA) is 49.3 Å². The standard InChI is InChI=1S/C18H26N4S2/c1-14-4-6-16(7-5-14)13-23-11-10-21-18(19-3)20-9-8-17-22-12-15(2)24-17/h4-7,12H,8-11,13H2,1-3H3,(H2,19,20,21). The van der Waals surface area contributed by atoms with E-state index in [1.807, 2.05) is 25.0 Å². The van der Waals surface area contributed by atoms with Crippen molar-refractivity contribution in [2.24, 2.45) is 4.99 Å². The highest BCUT2D eigenvalue weighted by Gasteiger charge is 2.01. The molecule has 0 radical (unpaired) electrons. The Labute approximate surface area is 153 Å². The summed E-state index contributed by atoms with van der Waals surface area (Å²) < 4.78 is 0. The van der Waals surface area contributed by atoms with Crippen LogP contribution in [-0.4, -0.2) is 36.8 Å². The number of aliphatic imine (C=N–C) groups is 1. The van der Waals surface area contributed by atoms with Crippen LogP contribution < -0.4 is 10.6 Å². The maximum absolute atomic E-state index is 4.37. The van der Waals surface area contributed by atoms with Crippen molar-refractivity contribution in [3.8, 4) is 0 Å². The monoisotopic (exact) mass is 362 g/mol. The molecule has 0 unspecified atom stereocenters. The Morgan fingerprint density at radius 3 is 2.58 bits per heavy atom. The van der Waals surface area contributed by atoms with Crippen molar-refractivity contribution in [2.45, 2.75) is 26.0 Å². The number of nitrogens with one attached hydrogen (secondary N) is 2. The largest absolute Gasteiger partial charge is 0.356 e. The molecule has 0 aliphatic heterocycles. The predicted molar refractivity (Wildman–Crippen MR) is 107 cm³/mol. The molecule has 0 aliphatic carbocycles. The van der Waals surface area contributed by atoms with E-state index in [1.165, 1.54) is 21.0 Å². The predicted octanol–water partition coefficient (Wildman–Crippen LogP) is 3.40. The van der Waals surface area contributed by atoms with Crippen molar-refractivity contribution in [1.29, 1.82) is 0 Å². The lowest BCUT2D eigenvalue weighted by atomic mass is 10.2. The van der Waals surface area contributed by atoms with Crippen LogP contribution in [0.5, 0.6) is 0 Å². The lowest BCUT2D eigenvalue weighted by Gasteiger charge is -2.11. The zero-order chi connectivity index (χ0) is 17.2. The summed E-state index contributed by atoms with van der Waals surface area (Å²) in [4.78, 5) is 9.89. The van der Waals surface area contributed by atoms with Gasteiger partial charge in [-0.1, -0.05) is 29.8 Å². The van der Waals surface area contributed by atoms with Crippen LogP contribution in [0, 0.1) is 13.8 Å². The van der Waals surface area contributed by atoms with Gasteiger partial charge in [-0.05, 0) is 19.4 Å². The van der Waals surface area contributed by atoms with Crippen LogP contribution in [-0.2, 0) is 12.2 Å². The first kappa shape index (κ1) is 18.8. The molecular weight excluding hydrogens is 336 g/mol. The van der Waals surface area contributed by atoms with E-state index in [2.05, 4.69) is 58.7 Å². The van der Waals surface area contributed by atoms with E-state index >= 15 is 0 Å². The fourth-order valence-electron chi connectivity index (χ4n) is 2.14. The van der Waals surface area contributed by atoms with Crippen LogP contribution in [0.3, 0.4) is 0 Å². The lowest BCUT2D eigenvalue weighted by Crippen LogP contribution is -2.39. The molecule has 0 saturated carbocycles. The molecule has 0 spiro atoms. The Bertz CT molecular complexity index is 635. The Morgan fingerprint density at radius 2 is 1.92 bits per heavy atom. The molecule has 1 aromatic heterocycles. The normalized spacial score (nSPS) is 11.5. The van der Waals surface area contributed by atoms with Crippen LogP contribution in [0.15, 0.2) is 35.5 Å². The highest BCUT2D eigenvalue weighted by molar-refractivity contribution is 7.98. The van der Waals surface area contributed by atoms with Crippen LogP contribution in [0.4, 0.5) is 0 Å². The van der Waals surface area contributed by atoms with Gasteiger partial charge in [0.25, 0.3) is 0 Å². The van der Waals surface area contributed by atoms with Gasteiger partial charge in [0.15, 0.2) is 5.96 Å². The molecule has 2 N–H and O–H groups in total. The zero-order valence-electron chi connectivity index (χ0n) is 14.6. The molecule has 0 saturated heterocycles. The van der Waals surface area contributed by atoms with Crippen LogP contribution >= 0.6 is 23.1 Å². The maximum Gasteiger partial charge on any atom is 0.191 e. The van der Waals surface area contributed by atoms with Gasteiger partial charge >= 0.3 is 0 Å². The number of thioether (sulfide) groups is 1. The minimum Gasteiger partial charge on any atom is -0.356 e. The highest BCUT2D eigenvalue weighted by atomic mass is 32.2. The number of rotatable bonds is 8. The van der Waals surface area contributed by atoms with Crippen LogP contribution in [0.2, 0.25) is 0 Å². The highest BCUT2D eigenvalue weighted by Crippen LogP contribution is 2.12. The quantitative estimate of drug-likeness (QED) is 0.429. The van der Waals surface area contributed by atoms with Gasteiger partial charge < -0.3 is 10.6 Å². The lowest BCUT2D eigenvalue weighted by molar-refractivity contribution is 0.808. The van der Waals surface area contributed by atoms with Gasteiger partial charge in [-0.3, -0.25) is 4.99 Å². The Hall–Kier alpha value is -1.53. The SMILES string of the molecule is CN=C(NCCSCc1ccc(C)cc1)NCCc1ncc(C)s1. The molecule has 0 amide bonds. The third-order valence-electron chi connectivity index (χ3n) is 3.45. The maximum atomic E-state index is 4.37. The second kappa shape index (κ2) is 10.4. The number of hydrogen-bond donors (Lipinski definition) is 2. The van der Waals surface area contributed by atoms with E-state index in [1.54, 1.807) is 11.3 Å². The van der Waals surface area contributed by atoms with E-state index in [-0.39, 0.29) is 0 Å². The molecule has 1 heterocycles. The number of aryl methyl sites for hydroxylation is 2. The van der Waals surface area contributed by atoms with E-state index in [4.69, 9.17) is 0 Å².